The molecule has 0 saturated carbocycles. The maximum absolute atomic E-state index is 12.6. The molecule has 0 saturated heterocycles. The van der Waals surface area contributed by atoms with Crippen molar-refractivity contribution in [1.82, 2.24) is 10.0 Å². The molecule has 0 fully saturated rings. The van der Waals surface area contributed by atoms with Crippen molar-refractivity contribution in [2.24, 2.45) is 0 Å². The third-order valence-electron chi connectivity index (χ3n) is 4.22. The number of rotatable bonds is 10. The Balaban J connectivity index is 2.11. The Labute approximate surface area is 167 Å². The molecule has 2 aromatic carbocycles. The molecule has 0 unspecified atom stereocenters. The number of benzene rings is 2. The summed E-state index contributed by atoms with van der Waals surface area (Å²) >= 11 is 0. The summed E-state index contributed by atoms with van der Waals surface area (Å²) in [6.07, 6.45) is 1.64. The lowest BCUT2D eigenvalue weighted by molar-refractivity contribution is 0.0938. The highest BCUT2D eigenvalue weighted by atomic mass is 32.2. The number of carbonyl (C=O) groups is 1. The largest absolute Gasteiger partial charge is 0.492 e. The molecule has 7 heteroatoms. The maximum atomic E-state index is 12.6. The summed E-state index contributed by atoms with van der Waals surface area (Å²) in [6.45, 7) is 5.99. The van der Waals surface area contributed by atoms with Gasteiger partial charge in [-0.15, -0.1) is 0 Å². The van der Waals surface area contributed by atoms with Gasteiger partial charge in [0.25, 0.3) is 5.91 Å². The normalized spacial score (nSPS) is 12.4. The third-order valence-corrected chi connectivity index (χ3v) is 5.78. The van der Waals surface area contributed by atoms with Gasteiger partial charge in [-0.1, -0.05) is 37.3 Å². The first-order valence-electron chi connectivity index (χ1n) is 9.48. The lowest BCUT2D eigenvalue weighted by Gasteiger charge is -2.16. The van der Waals surface area contributed by atoms with Crippen LogP contribution in [0.15, 0.2) is 53.4 Å². The van der Waals surface area contributed by atoms with Crippen molar-refractivity contribution in [2.75, 3.05) is 13.2 Å². The summed E-state index contributed by atoms with van der Waals surface area (Å²) < 4.78 is 32.8. The zero-order chi connectivity index (χ0) is 20.6. The molecule has 0 bridgehead atoms. The van der Waals surface area contributed by atoms with E-state index in [0.29, 0.717) is 6.61 Å². The van der Waals surface area contributed by atoms with Crippen LogP contribution < -0.4 is 14.8 Å². The fourth-order valence-electron chi connectivity index (χ4n) is 2.81. The van der Waals surface area contributed by atoms with Gasteiger partial charge < -0.3 is 10.1 Å². The van der Waals surface area contributed by atoms with Crippen molar-refractivity contribution in [3.63, 3.8) is 0 Å². The Morgan fingerprint density at radius 3 is 2.46 bits per heavy atom. The lowest BCUT2D eigenvalue weighted by Crippen LogP contribution is -2.33. The number of ether oxygens (including phenoxy) is 1. The van der Waals surface area contributed by atoms with Crippen LogP contribution in [0.4, 0.5) is 0 Å². The second-order valence-corrected chi connectivity index (χ2v) is 8.23. The average Bonchev–Trinajstić information content (AvgIpc) is 2.67. The van der Waals surface area contributed by atoms with E-state index in [1.807, 2.05) is 25.1 Å². The van der Waals surface area contributed by atoms with Crippen molar-refractivity contribution in [1.29, 1.82) is 0 Å². The zero-order valence-corrected chi connectivity index (χ0v) is 17.4. The standard InChI is InChI=1S/C21H28N2O4S/c1-4-22-28(25,26)20-15-18(13-14-19(20)27-5-2)21(24)23-16(3)11-12-17-9-7-6-8-10-17/h6-10,13-16,22H,4-5,11-12H2,1-3H3,(H,23,24)/t16-/m1/s1. The van der Waals surface area contributed by atoms with Gasteiger partial charge >= 0.3 is 0 Å². The van der Waals surface area contributed by atoms with Crippen molar-refractivity contribution < 1.29 is 17.9 Å². The van der Waals surface area contributed by atoms with Gasteiger partial charge in [0.05, 0.1) is 6.61 Å². The van der Waals surface area contributed by atoms with Gasteiger partial charge in [0.15, 0.2) is 0 Å². The smallest absolute Gasteiger partial charge is 0.251 e. The van der Waals surface area contributed by atoms with E-state index in [0.717, 1.165) is 12.8 Å². The Hall–Kier alpha value is -2.38. The molecule has 0 aromatic heterocycles. The minimum Gasteiger partial charge on any atom is -0.492 e. The van der Waals surface area contributed by atoms with Crippen LogP contribution in [0.5, 0.6) is 5.75 Å². The molecule has 28 heavy (non-hydrogen) atoms. The van der Waals surface area contributed by atoms with E-state index in [-0.39, 0.29) is 34.7 Å². The van der Waals surface area contributed by atoms with Crippen molar-refractivity contribution in [3.8, 4) is 5.75 Å². The zero-order valence-electron chi connectivity index (χ0n) is 16.6. The molecule has 0 aliphatic heterocycles. The summed E-state index contributed by atoms with van der Waals surface area (Å²) in [4.78, 5) is 12.6. The maximum Gasteiger partial charge on any atom is 0.251 e. The van der Waals surface area contributed by atoms with Gasteiger partial charge in [-0.2, -0.15) is 0 Å². The molecule has 0 aliphatic carbocycles. The summed E-state index contributed by atoms with van der Waals surface area (Å²) in [5.41, 5.74) is 1.50. The van der Waals surface area contributed by atoms with E-state index in [9.17, 15) is 13.2 Å². The Kier molecular flexibility index (Phi) is 8.02. The summed E-state index contributed by atoms with van der Waals surface area (Å²) in [5, 5.41) is 2.93. The van der Waals surface area contributed by atoms with Gasteiger partial charge in [-0.25, -0.2) is 13.1 Å². The minimum absolute atomic E-state index is 0.0270. The fourth-order valence-corrected chi connectivity index (χ4v) is 4.02. The number of sulfonamides is 1. The minimum atomic E-state index is -3.75. The average molecular weight is 405 g/mol. The quantitative estimate of drug-likeness (QED) is 0.637. The molecular weight excluding hydrogens is 376 g/mol. The summed E-state index contributed by atoms with van der Waals surface area (Å²) in [7, 11) is -3.75. The molecule has 0 radical (unpaired) electrons. The SMILES string of the molecule is CCNS(=O)(=O)c1cc(C(=O)N[C@H](C)CCc2ccccc2)ccc1OCC. The van der Waals surface area contributed by atoms with Crippen LogP contribution in [0.25, 0.3) is 0 Å². The molecule has 0 spiro atoms. The summed E-state index contributed by atoms with van der Waals surface area (Å²) in [5.74, 6) is -0.0753. The number of amides is 1. The van der Waals surface area contributed by atoms with E-state index < -0.39 is 10.0 Å². The van der Waals surface area contributed by atoms with Crippen molar-refractivity contribution in [2.45, 2.75) is 44.6 Å². The Morgan fingerprint density at radius 1 is 1.11 bits per heavy atom. The Bertz CT molecular complexity index is 883. The van der Waals surface area contributed by atoms with E-state index >= 15 is 0 Å². The molecule has 2 N–H and O–H groups in total. The highest BCUT2D eigenvalue weighted by Crippen LogP contribution is 2.25. The highest BCUT2D eigenvalue weighted by molar-refractivity contribution is 7.89. The second-order valence-electron chi connectivity index (χ2n) is 6.49. The monoisotopic (exact) mass is 404 g/mol. The van der Waals surface area contributed by atoms with Crippen LogP contribution in [0.3, 0.4) is 0 Å². The van der Waals surface area contributed by atoms with Gasteiger partial charge in [-0.3, -0.25) is 4.79 Å². The predicted octanol–water partition coefficient (Wildman–Crippen LogP) is 3.13. The van der Waals surface area contributed by atoms with Gasteiger partial charge in [0.1, 0.15) is 10.6 Å². The fraction of sp³-hybridized carbons (Fsp3) is 0.381. The molecule has 1 amide bonds. The van der Waals surface area contributed by atoms with Gasteiger partial charge in [0, 0.05) is 18.2 Å². The van der Waals surface area contributed by atoms with Crippen LogP contribution in [-0.4, -0.2) is 33.5 Å². The van der Waals surface area contributed by atoms with Crippen LogP contribution in [0, 0.1) is 0 Å². The third kappa shape index (κ3) is 6.07. The number of hydrogen-bond acceptors (Lipinski definition) is 4. The first kappa shape index (κ1) is 21.9. The topological polar surface area (TPSA) is 84.5 Å². The first-order chi connectivity index (χ1) is 13.4. The van der Waals surface area contributed by atoms with E-state index in [2.05, 4.69) is 22.2 Å². The van der Waals surface area contributed by atoms with Crippen molar-refractivity contribution >= 4 is 15.9 Å². The van der Waals surface area contributed by atoms with Crippen molar-refractivity contribution in [3.05, 3.63) is 59.7 Å². The molecule has 2 rings (SSSR count). The molecule has 6 nitrogen and oxygen atoms in total. The molecule has 2 aromatic rings. The summed E-state index contributed by atoms with van der Waals surface area (Å²) in [6, 6.07) is 14.5. The lowest BCUT2D eigenvalue weighted by atomic mass is 10.1. The molecule has 1 atom stereocenters. The Morgan fingerprint density at radius 2 is 1.82 bits per heavy atom. The van der Waals surface area contributed by atoms with Crippen LogP contribution in [-0.2, 0) is 16.4 Å². The van der Waals surface area contributed by atoms with E-state index in [1.54, 1.807) is 19.9 Å². The predicted molar refractivity (Wildman–Crippen MR) is 110 cm³/mol. The first-order valence-corrected chi connectivity index (χ1v) is 11.0. The number of hydrogen-bond donors (Lipinski definition) is 2. The number of carbonyl (C=O) groups excluding carboxylic acids is 1. The van der Waals surface area contributed by atoms with Crippen LogP contribution in [0.2, 0.25) is 0 Å². The van der Waals surface area contributed by atoms with Crippen LogP contribution in [0.1, 0.15) is 43.1 Å². The second kappa shape index (κ2) is 10.2. The number of aryl methyl sites for hydroxylation is 1. The highest BCUT2D eigenvalue weighted by Gasteiger charge is 2.21. The van der Waals surface area contributed by atoms with E-state index in [1.165, 1.54) is 17.7 Å². The molecular formula is C21H28N2O4S. The molecule has 152 valence electrons. The molecule has 0 aliphatic rings. The van der Waals surface area contributed by atoms with Gasteiger partial charge in [-0.05, 0) is 50.5 Å². The molecule has 0 heterocycles. The van der Waals surface area contributed by atoms with E-state index in [4.69, 9.17) is 4.74 Å². The van der Waals surface area contributed by atoms with Gasteiger partial charge in [0.2, 0.25) is 10.0 Å². The van der Waals surface area contributed by atoms with Crippen LogP contribution >= 0.6 is 0 Å². The number of nitrogens with one attached hydrogen (secondary N) is 2.